The van der Waals surface area contributed by atoms with Crippen LogP contribution in [0.2, 0.25) is 0 Å². The maximum Gasteiger partial charge on any atom is 0.251 e. The minimum Gasteiger partial charge on any atom is -0.352 e. The van der Waals surface area contributed by atoms with Crippen molar-refractivity contribution >= 4 is 28.8 Å². The molecule has 7 heteroatoms. The van der Waals surface area contributed by atoms with Crippen molar-refractivity contribution in [3.63, 3.8) is 0 Å². The predicted octanol–water partition coefficient (Wildman–Crippen LogP) is 3.14. The molecule has 0 fully saturated rings. The van der Waals surface area contributed by atoms with Gasteiger partial charge in [0.2, 0.25) is 5.91 Å². The zero-order valence-corrected chi connectivity index (χ0v) is 15.0. The monoisotopic (exact) mass is 366 g/mol. The second-order valence-corrected chi connectivity index (χ2v) is 6.51. The van der Waals surface area contributed by atoms with Gasteiger partial charge >= 0.3 is 0 Å². The molecule has 3 aromatic rings. The van der Waals surface area contributed by atoms with Gasteiger partial charge in [-0.05, 0) is 24.3 Å². The number of benzene rings is 1. The predicted molar refractivity (Wildman–Crippen MR) is 102 cm³/mol. The van der Waals surface area contributed by atoms with Gasteiger partial charge in [-0.1, -0.05) is 12.1 Å². The van der Waals surface area contributed by atoms with E-state index >= 15 is 0 Å². The highest BCUT2D eigenvalue weighted by Crippen LogP contribution is 2.26. The number of hydrogen-bond donors (Lipinski definition) is 2. The standard InChI is InChI=1S/C19H18N4O2S/c1-13(24)22-16-4-2-3-15(11-16)19-23-17(12-26-19)7-10-21-18(25)14-5-8-20-9-6-14/h2-6,8-9,11-12H,7,10H2,1H3,(H,21,25)(H,22,24). The van der Waals surface area contributed by atoms with Gasteiger partial charge in [0.15, 0.2) is 0 Å². The molecule has 0 unspecified atom stereocenters. The summed E-state index contributed by atoms with van der Waals surface area (Å²) in [5.41, 5.74) is 3.21. The fourth-order valence-corrected chi connectivity index (χ4v) is 3.25. The number of carbonyl (C=O) groups is 2. The van der Waals surface area contributed by atoms with Crippen molar-refractivity contribution in [1.82, 2.24) is 15.3 Å². The lowest BCUT2D eigenvalue weighted by molar-refractivity contribution is -0.114. The lowest BCUT2D eigenvalue weighted by Crippen LogP contribution is -2.25. The van der Waals surface area contributed by atoms with Gasteiger partial charge in [0.1, 0.15) is 5.01 Å². The van der Waals surface area contributed by atoms with Crippen LogP contribution in [0.4, 0.5) is 5.69 Å². The summed E-state index contributed by atoms with van der Waals surface area (Å²) in [6.07, 6.45) is 3.84. The lowest BCUT2D eigenvalue weighted by Gasteiger charge is -2.04. The minimum atomic E-state index is -0.120. The Hall–Kier alpha value is -3.06. The number of amides is 2. The number of thiazole rings is 1. The summed E-state index contributed by atoms with van der Waals surface area (Å²) < 4.78 is 0. The first-order chi connectivity index (χ1) is 12.6. The van der Waals surface area contributed by atoms with Crippen molar-refractivity contribution in [2.24, 2.45) is 0 Å². The van der Waals surface area contributed by atoms with E-state index in [0.717, 1.165) is 22.0 Å². The van der Waals surface area contributed by atoms with Crippen LogP contribution in [0.25, 0.3) is 10.6 Å². The van der Waals surface area contributed by atoms with Crippen LogP contribution in [0.5, 0.6) is 0 Å². The van der Waals surface area contributed by atoms with E-state index in [0.29, 0.717) is 18.5 Å². The number of anilines is 1. The maximum absolute atomic E-state index is 12.0. The number of nitrogens with zero attached hydrogens (tertiary/aromatic N) is 2. The first-order valence-corrected chi connectivity index (χ1v) is 9.00. The second kappa shape index (κ2) is 8.35. The third kappa shape index (κ3) is 4.73. The molecule has 0 saturated carbocycles. The first-order valence-electron chi connectivity index (χ1n) is 8.12. The Kier molecular flexibility index (Phi) is 5.70. The van der Waals surface area contributed by atoms with Crippen molar-refractivity contribution in [3.8, 4) is 10.6 Å². The number of pyridine rings is 1. The van der Waals surface area contributed by atoms with Gasteiger partial charge in [0.05, 0.1) is 5.69 Å². The van der Waals surface area contributed by atoms with Crippen LogP contribution in [0, 0.1) is 0 Å². The third-order valence-corrected chi connectivity index (χ3v) is 4.53. The number of hydrogen-bond acceptors (Lipinski definition) is 5. The molecule has 2 heterocycles. The van der Waals surface area contributed by atoms with Crippen molar-refractivity contribution in [2.75, 3.05) is 11.9 Å². The molecule has 132 valence electrons. The van der Waals surface area contributed by atoms with Gasteiger partial charge in [-0.15, -0.1) is 11.3 Å². The van der Waals surface area contributed by atoms with E-state index in [-0.39, 0.29) is 11.8 Å². The summed E-state index contributed by atoms with van der Waals surface area (Å²) in [6.45, 7) is 1.99. The molecule has 0 spiro atoms. The number of aromatic nitrogens is 2. The molecule has 0 bridgehead atoms. The van der Waals surface area contributed by atoms with Crippen LogP contribution in [0.15, 0.2) is 54.2 Å². The van der Waals surface area contributed by atoms with E-state index in [1.165, 1.54) is 6.92 Å². The van der Waals surface area contributed by atoms with E-state index < -0.39 is 0 Å². The van der Waals surface area contributed by atoms with Gasteiger partial charge in [0, 0.05) is 54.5 Å². The zero-order valence-electron chi connectivity index (χ0n) is 14.2. The summed E-state index contributed by atoms with van der Waals surface area (Å²) in [6, 6.07) is 10.9. The molecule has 26 heavy (non-hydrogen) atoms. The van der Waals surface area contributed by atoms with Crippen LogP contribution < -0.4 is 10.6 Å². The van der Waals surface area contributed by atoms with Crippen molar-refractivity contribution in [2.45, 2.75) is 13.3 Å². The molecular formula is C19H18N4O2S. The van der Waals surface area contributed by atoms with Crippen LogP contribution in [-0.2, 0) is 11.2 Å². The third-order valence-electron chi connectivity index (χ3n) is 3.59. The summed E-state index contributed by atoms with van der Waals surface area (Å²) >= 11 is 1.54. The fraction of sp³-hybridized carbons (Fsp3) is 0.158. The number of carbonyl (C=O) groups excluding carboxylic acids is 2. The largest absolute Gasteiger partial charge is 0.352 e. The molecule has 1 aromatic carbocycles. The summed E-state index contributed by atoms with van der Waals surface area (Å²) in [4.78, 5) is 31.7. The smallest absolute Gasteiger partial charge is 0.251 e. The topological polar surface area (TPSA) is 84.0 Å². The molecule has 2 N–H and O–H groups in total. The second-order valence-electron chi connectivity index (χ2n) is 5.65. The van der Waals surface area contributed by atoms with E-state index in [2.05, 4.69) is 20.6 Å². The molecule has 0 radical (unpaired) electrons. The van der Waals surface area contributed by atoms with Gasteiger partial charge in [-0.3, -0.25) is 14.6 Å². The molecular weight excluding hydrogens is 348 g/mol. The summed E-state index contributed by atoms with van der Waals surface area (Å²) in [5.74, 6) is -0.224. The van der Waals surface area contributed by atoms with E-state index in [1.807, 2.05) is 29.6 Å². The molecule has 0 aliphatic carbocycles. The van der Waals surface area contributed by atoms with Crippen LogP contribution in [-0.4, -0.2) is 28.3 Å². The van der Waals surface area contributed by atoms with Gasteiger partial charge < -0.3 is 10.6 Å². The fourth-order valence-electron chi connectivity index (χ4n) is 2.40. The molecule has 3 rings (SSSR count). The summed E-state index contributed by atoms with van der Waals surface area (Å²) in [7, 11) is 0. The van der Waals surface area contributed by atoms with Gasteiger partial charge in [-0.25, -0.2) is 4.98 Å². The van der Waals surface area contributed by atoms with Crippen LogP contribution in [0.1, 0.15) is 23.0 Å². The van der Waals surface area contributed by atoms with Gasteiger partial charge in [0.25, 0.3) is 5.91 Å². The Morgan fingerprint density at radius 3 is 2.73 bits per heavy atom. The maximum atomic E-state index is 12.0. The normalized spacial score (nSPS) is 10.3. The first kappa shape index (κ1) is 17.8. The Labute approximate surface area is 155 Å². The quantitative estimate of drug-likeness (QED) is 0.702. The van der Waals surface area contributed by atoms with Crippen molar-refractivity contribution in [1.29, 1.82) is 0 Å². The van der Waals surface area contributed by atoms with Gasteiger partial charge in [-0.2, -0.15) is 0 Å². The highest BCUT2D eigenvalue weighted by molar-refractivity contribution is 7.13. The lowest BCUT2D eigenvalue weighted by atomic mass is 10.2. The van der Waals surface area contributed by atoms with E-state index in [9.17, 15) is 9.59 Å². The Bertz CT molecular complexity index is 909. The van der Waals surface area contributed by atoms with Crippen molar-refractivity contribution < 1.29 is 9.59 Å². The molecule has 0 saturated heterocycles. The highest BCUT2D eigenvalue weighted by atomic mass is 32.1. The number of rotatable bonds is 6. The number of nitrogens with one attached hydrogen (secondary N) is 2. The molecule has 2 aromatic heterocycles. The zero-order chi connectivity index (χ0) is 18.4. The van der Waals surface area contributed by atoms with E-state index in [4.69, 9.17) is 0 Å². The van der Waals surface area contributed by atoms with E-state index in [1.54, 1.807) is 35.9 Å². The average molecular weight is 366 g/mol. The minimum absolute atomic E-state index is 0.105. The Balaban J connectivity index is 1.58. The molecule has 0 atom stereocenters. The van der Waals surface area contributed by atoms with Crippen molar-refractivity contribution in [3.05, 3.63) is 65.4 Å². The van der Waals surface area contributed by atoms with Crippen LogP contribution >= 0.6 is 11.3 Å². The highest BCUT2D eigenvalue weighted by Gasteiger charge is 2.08. The Morgan fingerprint density at radius 2 is 1.96 bits per heavy atom. The summed E-state index contributed by atoms with van der Waals surface area (Å²) in [5, 5.41) is 8.51. The molecule has 6 nitrogen and oxygen atoms in total. The van der Waals surface area contributed by atoms with Crippen LogP contribution in [0.3, 0.4) is 0 Å². The molecule has 2 amide bonds. The SMILES string of the molecule is CC(=O)Nc1cccc(-c2nc(CCNC(=O)c3ccncc3)cs2)c1. The Morgan fingerprint density at radius 1 is 1.15 bits per heavy atom. The molecule has 0 aliphatic heterocycles. The molecule has 0 aliphatic rings. The average Bonchev–Trinajstić information content (AvgIpc) is 3.11.